The Morgan fingerprint density at radius 2 is 2.18 bits per heavy atom. The van der Waals surface area contributed by atoms with Crippen molar-refractivity contribution >= 4 is 11.8 Å². The standard InChI is InChI=1S/C12H22N2O3/c1-4-13(9-12(2,3)17)8-11(16)14-7-5-6-10(14)15/h17H,4-9H2,1-3H3. The highest BCUT2D eigenvalue weighted by Gasteiger charge is 2.28. The average molecular weight is 242 g/mol. The molecule has 0 aromatic heterocycles. The van der Waals surface area contributed by atoms with Crippen molar-refractivity contribution in [3.05, 3.63) is 0 Å². The van der Waals surface area contributed by atoms with Crippen LogP contribution in [0.1, 0.15) is 33.6 Å². The minimum atomic E-state index is -0.828. The molecule has 1 rings (SSSR count). The lowest BCUT2D eigenvalue weighted by Gasteiger charge is -2.28. The maximum atomic E-state index is 11.9. The Labute approximate surface area is 102 Å². The molecule has 5 nitrogen and oxygen atoms in total. The van der Waals surface area contributed by atoms with Crippen LogP contribution in [0.4, 0.5) is 0 Å². The van der Waals surface area contributed by atoms with Crippen molar-refractivity contribution in [2.45, 2.75) is 39.2 Å². The van der Waals surface area contributed by atoms with Crippen LogP contribution in [0.2, 0.25) is 0 Å². The van der Waals surface area contributed by atoms with Crippen molar-refractivity contribution < 1.29 is 14.7 Å². The Morgan fingerprint density at radius 3 is 2.59 bits per heavy atom. The summed E-state index contributed by atoms with van der Waals surface area (Å²) in [6, 6.07) is 0. The number of rotatable bonds is 5. The number of carbonyl (C=O) groups excluding carboxylic acids is 2. The molecule has 0 spiro atoms. The van der Waals surface area contributed by atoms with Crippen molar-refractivity contribution in [1.29, 1.82) is 0 Å². The zero-order valence-electron chi connectivity index (χ0n) is 10.9. The summed E-state index contributed by atoms with van der Waals surface area (Å²) in [6.07, 6.45) is 1.24. The van der Waals surface area contributed by atoms with Crippen molar-refractivity contribution in [1.82, 2.24) is 9.80 Å². The van der Waals surface area contributed by atoms with Gasteiger partial charge in [-0.25, -0.2) is 0 Å². The molecule has 17 heavy (non-hydrogen) atoms. The molecule has 1 fully saturated rings. The first-order chi connectivity index (χ1) is 7.83. The van der Waals surface area contributed by atoms with Gasteiger partial charge in [0.05, 0.1) is 12.1 Å². The molecule has 0 unspecified atom stereocenters. The molecule has 0 aromatic rings. The predicted molar refractivity (Wildman–Crippen MR) is 64.4 cm³/mol. The highest BCUT2D eigenvalue weighted by Crippen LogP contribution is 2.11. The first kappa shape index (κ1) is 14.1. The van der Waals surface area contributed by atoms with Crippen LogP contribution in [0, 0.1) is 0 Å². The van der Waals surface area contributed by atoms with Crippen LogP contribution >= 0.6 is 0 Å². The third-order valence-corrected chi connectivity index (χ3v) is 2.79. The minimum absolute atomic E-state index is 0.0747. The molecule has 0 atom stereocenters. The van der Waals surface area contributed by atoms with E-state index in [0.29, 0.717) is 26.1 Å². The zero-order valence-corrected chi connectivity index (χ0v) is 10.9. The molecule has 0 aromatic carbocycles. The van der Waals surface area contributed by atoms with Crippen LogP contribution in [0.3, 0.4) is 0 Å². The molecule has 0 bridgehead atoms. The quantitative estimate of drug-likeness (QED) is 0.749. The maximum Gasteiger partial charge on any atom is 0.243 e. The molecule has 1 aliphatic rings. The average Bonchev–Trinajstić information content (AvgIpc) is 2.61. The van der Waals surface area contributed by atoms with Gasteiger partial charge >= 0.3 is 0 Å². The summed E-state index contributed by atoms with van der Waals surface area (Å²) in [4.78, 5) is 26.5. The second-order valence-corrected chi connectivity index (χ2v) is 5.16. The fourth-order valence-electron chi connectivity index (χ4n) is 2.02. The molecular weight excluding hydrogens is 220 g/mol. The van der Waals surface area contributed by atoms with E-state index < -0.39 is 5.60 Å². The van der Waals surface area contributed by atoms with Gasteiger partial charge in [-0.15, -0.1) is 0 Å². The number of imide groups is 1. The number of nitrogens with zero attached hydrogens (tertiary/aromatic N) is 2. The van der Waals surface area contributed by atoms with Gasteiger partial charge in [-0.3, -0.25) is 19.4 Å². The Kier molecular flexibility index (Phi) is 4.65. The summed E-state index contributed by atoms with van der Waals surface area (Å²) in [5.74, 6) is -0.229. The molecule has 98 valence electrons. The number of likely N-dealkylation sites (N-methyl/N-ethyl adjacent to an activating group) is 1. The second kappa shape index (κ2) is 5.60. The minimum Gasteiger partial charge on any atom is -0.389 e. The molecule has 0 aliphatic carbocycles. The Morgan fingerprint density at radius 1 is 1.53 bits per heavy atom. The van der Waals surface area contributed by atoms with Crippen molar-refractivity contribution in [3.63, 3.8) is 0 Å². The molecule has 2 amide bonds. The Hall–Kier alpha value is -0.940. The summed E-state index contributed by atoms with van der Waals surface area (Å²) in [7, 11) is 0. The van der Waals surface area contributed by atoms with Gasteiger partial charge in [-0.2, -0.15) is 0 Å². The van der Waals surface area contributed by atoms with E-state index >= 15 is 0 Å². The van der Waals surface area contributed by atoms with Gasteiger partial charge in [0, 0.05) is 19.5 Å². The summed E-state index contributed by atoms with van der Waals surface area (Å²) >= 11 is 0. The van der Waals surface area contributed by atoms with Gasteiger partial charge in [0.15, 0.2) is 0 Å². The molecule has 1 heterocycles. The van der Waals surface area contributed by atoms with E-state index in [1.807, 2.05) is 11.8 Å². The van der Waals surface area contributed by atoms with Crippen molar-refractivity contribution in [3.8, 4) is 0 Å². The molecular formula is C12H22N2O3. The second-order valence-electron chi connectivity index (χ2n) is 5.16. The Balaban J connectivity index is 2.50. The predicted octanol–water partition coefficient (Wildman–Crippen LogP) is 0.228. The fraction of sp³-hybridized carbons (Fsp3) is 0.833. The van der Waals surface area contributed by atoms with E-state index in [9.17, 15) is 14.7 Å². The maximum absolute atomic E-state index is 11.9. The zero-order chi connectivity index (χ0) is 13.1. The molecule has 5 heteroatoms. The highest BCUT2D eigenvalue weighted by molar-refractivity contribution is 5.97. The summed E-state index contributed by atoms with van der Waals surface area (Å²) in [5.41, 5.74) is -0.828. The van der Waals surface area contributed by atoms with E-state index in [2.05, 4.69) is 0 Å². The fourth-order valence-corrected chi connectivity index (χ4v) is 2.02. The van der Waals surface area contributed by atoms with Gasteiger partial charge in [0.25, 0.3) is 0 Å². The number of hydrogen-bond donors (Lipinski definition) is 1. The number of carbonyl (C=O) groups is 2. The first-order valence-electron chi connectivity index (χ1n) is 6.11. The van der Waals surface area contributed by atoms with Gasteiger partial charge in [0.1, 0.15) is 0 Å². The topological polar surface area (TPSA) is 60.9 Å². The largest absolute Gasteiger partial charge is 0.389 e. The lowest BCUT2D eigenvalue weighted by atomic mass is 10.1. The van der Waals surface area contributed by atoms with Crippen LogP contribution in [-0.4, -0.2) is 58.5 Å². The lowest BCUT2D eigenvalue weighted by Crippen LogP contribution is -2.45. The van der Waals surface area contributed by atoms with Crippen molar-refractivity contribution in [2.75, 3.05) is 26.2 Å². The smallest absolute Gasteiger partial charge is 0.243 e. The van der Waals surface area contributed by atoms with Gasteiger partial charge < -0.3 is 5.11 Å². The van der Waals surface area contributed by atoms with E-state index in [-0.39, 0.29) is 18.4 Å². The van der Waals surface area contributed by atoms with E-state index in [1.54, 1.807) is 13.8 Å². The van der Waals surface area contributed by atoms with Crippen LogP contribution < -0.4 is 0 Å². The van der Waals surface area contributed by atoms with Crippen LogP contribution in [0.15, 0.2) is 0 Å². The monoisotopic (exact) mass is 242 g/mol. The van der Waals surface area contributed by atoms with Crippen molar-refractivity contribution in [2.24, 2.45) is 0 Å². The van der Waals surface area contributed by atoms with Crippen LogP contribution in [-0.2, 0) is 9.59 Å². The molecule has 0 saturated carbocycles. The molecule has 0 radical (unpaired) electrons. The highest BCUT2D eigenvalue weighted by atomic mass is 16.3. The number of amides is 2. The SMILES string of the molecule is CCN(CC(=O)N1CCCC1=O)CC(C)(C)O. The van der Waals surface area contributed by atoms with E-state index in [0.717, 1.165) is 6.42 Å². The molecule has 1 N–H and O–H groups in total. The van der Waals surface area contributed by atoms with E-state index in [1.165, 1.54) is 4.90 Å². The third-order valence-electron chi connectivity index (χ3n) is 2.79. The first-order valence-corrected chi connectivity index (χ1v) is 6.11. The lowest BCUT2D eigenvalue weighted by molar-refractivity contribution is -0.142. The third kappa shape index (κ3) is 4.44. The normalized spacial score (nSPS) is 17.0. The summed E-state index contributed by atoms with van der Waals surface area (Å²) < 4.78 is 0. The number of hydrogen-bond acceptors (Lipinski definition) is 4. The number of likely N-dealkylation sites (tertiary alicyclic amines) is 1. The Bertz CT molecular complexity index is 297. The van der Waals surface area contributed by atoms with Gasteiger partial charge in [-0.1, -0.05) is 6.92 Å². The van der Waals surface area contributed by atoms with E-state index in [4.69, 9.17) is 0 Å². The van der Waals surface area contributed by atoms with Crippen LogP contribution in [0.5, 0.6) is 0 Å². The summed E-state index contributed by atoms with van der Waals surface area (Å²) in [6.45, 7) is 7.20. The molecule has 1 aliphatic heterocycles. The molecule has 1 saturated heterocycles. The number of aliphatic hydroxyl groups is 1. The summed E-state index contributed by atoms with van der Waals surface area (Å²) in [5, 5.41) is 9.72. The van der Waals surface area contributed by atoms with Gasteiger partial charge in [0.2, 0.25) is 11.8 Å². The van der Waals surface area contributed by atoms with Gasteiger partial charge in [-0.05, 0) is 26.8 Å². The van der Waals surface area contributed by atoms with Crippen LogP contribution in [0.25, 0.3) is 0 Å².